The SMILES string of the molecule is CCOC(=O)c1cc(Br)c(OC(F)F)c(CBr)c1. The van der Waals surface area contributed by atoms with Crippen molar-refractivity contribution < 1.29 is 23.0 Å². The molecule has 1 aromatic rings. The first kappa shape index (κ1) is 15.4. The second kappa shape index (κ2) is 7.04. The quantitative estimate of drug-likeness (QED) is 0.563. The molecule has 0 aliphatic heterocycles. The largest absolute Gasteiger partial charge is 0.462 e. The van der Waals surface area contributed by atoms with Gasteiger partial charge in [-0.3, -0.25) is 0 Å². The fraction of sp³-hybridized carbons (Fsp3) is 0.364. The minimum Gasteiger partial charge on any atom is -0.462 e. The Kier molecular flexibility index (Phi) is 6.01. The maximum absolute atomic E-state index is 12.2. The average Bonchev–Trinajstić information content (AvgIpc) is 2.31. The molecule has 0 saturated heterocycles. The topological polar surface area (TPSA) is 35.5 Å². The third kappa shape index (κ3) is 3.91. The third-order valence-electron chi connectivity index (χ3n) is 1.98. The maximum atomic E-state index is 12.2. The van der Waals surface area contributed by atoms with E-state index in [-0.39, 0.29) is 27.7 Å². The lowest BCUT2D eigenvalue weighted by Crippen LogP contribution is -2.08. The monoisotopic (exact) mass is 386 g/mol. The van der Waals surface area contributed by atoms with Crippen molar-refractivity contribution in [2.24, 2.45) is 0 Å². The van der Waals surface area contributed by atoms with Crippen molar-refractivity contribution in [1.82, 2.24) is 0 Å². The van der Waals surface area contributed by atoms with Crippen LogP contribution >= 0.6 is 31.9 Å². The second-order valence-electron chi connectivity index (χ2n) is 3.18. The lowest BCUT2D eigenvalue weighted by atomic mass is 10.1. The predicted molar refractivity (Wildman–Crippen MR) is 69.4 cm³/mol. The van der Waals surface area contributed by atoms with E-state index in [1.165, 1.54) is 12.1 Å². The zero-order valence-corrected chi connectivity index (χ0v) is 12.6. The summed E-state index contributed by atoms with van der Waals surface area (Å²) in [6, 6.07) is 2.84. The lowest BCUT2D eigenvalue weighted by Gasteiger charge is -2.13. The molecular formula is C11H10Br2F2O3. The Hall–Kier alpha value is -0.690. The zero-order chi connectivity index (χ0) is 13.7. The highest BCUT2D eigenvalue weighted by atomic mass is 79.9. The van der Waals surface area contributed by atoms with E-state index in [9.17, 15) is 13.6 Å². The molecule has 18 heavy (non-hydrogen) atoms. The van der Waals surface area contributed by atoms with E-state index in [1.54, 1.807) is 6.92 Å². The molecule has 0 aromatic heterocycles. The second-order valence-corrected chi connectivity index (χ2v) is 4.59. The molecule has 1 aromatic carbocycles. The number of alkyl halides is 3. The van der Waals surface area contributed by atoms with Gasteiger partial charge in [0.25, 0.3) is 0 Å². The summed E-state index contributed by atoms with van der Waals surface area (Å²) in [5.74, 6) is -0.501. The van der Waals surface area contributed by atoms with E-state index in [2.05, 4.69) is 36.6 Å². The Labute approximate surface area is 120 Å². The van der Waals surface area contributed by atoms with E-state index >= 15 is 0 Å². The van der Waals surface area contributed by atoms with Crippen molar-refractivity contribution in [3.05, 3.63) is 27.7 Å². The Morgan fingerprint density at radius 3 is 2.61 bits per heavy atom. The van der Waals surface area contributed by atoms with Gasteiger partial charge in [0, 0.05) is 10.9 Å². The van der Waals surface area contributed by atoms with Crippen molar-refractivity contribution >= 4 is 37.8 Å². The minimum atomic E-state index is -2.92. The van der Waals surface area contributed by atoms with Crippen LogP contribution in [0.3, 0.4) is 0 Å². The van der Waals surface area contributed by atoms with Crippen LogP contribution in [0.5, 0.6) is 5.75 Å². The molecule has 0 fully saturated rings. The predicted octanol–water partition coefficient (Wildman–Crippen LogP) is 4.12. The summed E-state index contributed by atoms with van der Waals surface area (Å²) in [5.41, 5.74) is 0.715. The summed E-state index contributed by atoms with van der Waals surface area (Å²) in [7, 11) is 0. The van der Waals surface area contributed by atoms with E-state index in [4.69, 9.17) is 4.74 Å². The van der Waals surface area contributed by atoms with Crippen molar-refractivity contribution in [2.45, 2.75) is 18.9 Å². The van der Waals surface area contributed by atoms with Gasteiger partial charge in [-0.05, 0) is 35.0 Å². The van der Waals surface area contributed by atoms with Crippen LogP contribution in [0.15, 0.2) is 16.6 Å². The van der Waals surface area contributed by atoms with Gasteiger partial charge in [-0.1, -0.05) is 15.9 Å². The highest BCUT2D eigenvalue weighted by molar-refractivity contribution is 9.10. The molecule has 0 N–H and O–H groups in total. The van der Waals surface area contributed by atoms with Gasteiger partial charge in [0.2, 0.25) is 0 Å². The number of halogens is 4. The fourth-order valence-electron chi connectivity index (χ4n) is 1.30. The smallest absolute Gasteiger partial charge is 0.387 e. The first-order chi connectivity index (χ1) is 8.49. The zero-order valence-electron chi connectivity index (χ0n) is 9.38. The fourth-order valence-corrected chi connectivity index (χ4v) is 2.31. The van der Waals surface area contributed by atoms with Crippen LogP contribution in [-0.2, 0) is 10.1 Å². The Morgan fingerprint density at radius 2 is 2.11 bits per heavy atom. The Morgan fingerprint density at radius 1 is 1.44 bits per heavy atom. The molecule has 0 bridgehead atoms. The van der Waals surface area contributed by atoms with Gasteiger partial charge < -0.3 is 9.47 Å². The van der Waals surface area contributed by atoms with Crippen LogP contribution in [0.25, 0.3) is 0 Å². The summed E-state index contributed by atoms with van der Waals surface area (Å²) >= 11 is 6.26. The van der Waals surface area contributed by atoms with Crippen molar-refractivity contribution in [3.63, 3.8) is 0 Å². The van der Waals surface area contributed by atoms with Gasteiger partial charge in [0.05, 0.1) is 16.6 Å². The minimum absolute atomic E-state index is 0.00919. The van der Waals surface area contributed by atoms with Crippen molar-refractivity contribution in [3.8, 4) is 5.75 Å². The van der Waals surface area contributed by atoms with Crippen LogP contribution < -0.4 is 4.74 Å². The normalized spacial score (nSPS) is 10.6. The van der Waals surface area contributed by atoms with E-state index < -0.39 is 12.6 Å². The van der Waals surface area contributed by atoms with Gasteiger partial charge in [-0.25, -0.2) is 4.79 Å². The highest BCUT2D eigenvalue weighted by Gasteiger charge is 2.17. The van der Waals surface area contributed by atoms with Crippen LogP contribution in [0, 0.1) is 0 Å². The standard InChI is InChI=1S/C11H10Br2F2O3/c1-2-17-10(16)6-3-7(5-12)9(8(13)4-6)18-11(14)15/h3-4,11H,2,5H2,1H3. The number of hydrogen-bond donors (Lipinski definition) is 0. The highest BCUT2D eigenvalue weighted by Crippen LogP contribution is 2.33. The molecule has 0 saturated carbocycles. The van der Waals surface area contributed by atoms with E-state index in [0.717, 1.165) is 0 Å². The molecular weight excluding hydrogens is 378 g/mol. The number of benzene rings is 1. The van der Waals surface area contributed by atoms with Crippen molar-refractivity contribution in [2.75, 3.05) is 6.61 Å². The summed E-state index contributed by atoms with van der Waals surface area (Å²) in [6.45, 7) is -0.991. The molecule has 3 nitrogen and oxygen atoms in total. The van der Waals surface area contributed by atoms with Gasteiger partial charge in [-0.15, -0.1) is 0 Å². The average molecular weight is 388 g/mol. The molecule has 0 heterocycles. The summed E-state index contributed by atoms with van der Waals surface area (Å²) < 4.78 is 34.0. The number of hydrogen-bond acceptors (Lipinski definition) is 3. The summed E-state index contributed by atoms with van der Waals surface area (Å²) in [6.07, 6.45) is 0. The van der Waals surface area contributed by atoms with Crippen molar-refractivity contribution in [1.29, 1.82) is 0 Å². The van der Waals surface area contributed by atoms with Gasteiger partial charge in [-0.2, -0.15) is 8.78 Å². The number of carbonyl (C=O) groups is 1. The van der Waals surface area contributed by atoms with E-state index in [0.29, 0.717) is 5.56 Å². The number of ether oxygens (including phenoxy) is 2. The first-order valence-electron chi connectivity index (χ1n) is 4.99. The van der Waals surface area contributed by atoms with Gasteiger partial charge in [0.1, 0.15) is 5.75 Å². The molecule has 7 heteroatoms. The molecule has 0 atom stereocenters. The Balaban J connectivity index is 3.14. The van der Waals surface area contributed by atoms with Gasteiger partial charge in [0.15, 0.2) is 0 Å². The van der Waals surface area contributed by atoms with Crippen LogP contribution in [0.4, 0.5) is 8.78 Å². The molecule has 100 valence electrons. The first-order valence-corrected chi connectivity index (χ1v) is 6.91. The number of esters is 1. The third-order valence-corrected chi connectivity index (χ3v) is 3.18. The molecule has 0 amide bonds. The summed E-state index contributed by atoms with van der Waals surface area (Å²) in [4.78, 5) is 11.6. The summed E-state index contributed by atoms with van der Waals surface area (Å²) in [5, 5.41) is 0.279. The van der Waals surface area contributed by atoms with Crippen LogP contribution in [0.1, 0.15) is 22.8 Å². The molecule has 0 unspecified atom stereocenters. The van der Waals surface area contributed by atoms with Crippen LogP contribution in [-0.4, -0.2) is 19.2 Å². The Bertz CT molecular complexity index is 439. The molecule has 0 radical (unpaired) electrons. The number of rotatable bonds is 5. The van der Waals surface area contributed by atoms with Gasteiger partial charge >= 0.3 is 12.6 Å². The molecule has 0 aliphatic carbocycles. The van der Waals surface area contributed by atoms with E-state index in [1.807, 2.05) is 0 Å². The lowest BCUT2D eigenvalue weighted by molar-refractivity contribution is -0.0508. The molecule has 0 spiro atoms. The van der Waals surface area contributed by atoms with Crippen LogP contribution in [0.2, 0.25) is 0 Å². The molecule has 0 aliphatic rings. The maximum Gasteiger partial charge on any atom is 0.387 e. The number of carbonyl (C=O) groups excluding carboxylic acids is 1. The molecule has 1 rings (SSSR count).